The van der Waals surface area contributed by atoms with E-state index in [1.807, 2.05) is 27.9 Å². The van der Waals surface area contributed by atoms with Crippen molar-refractivity contribution in [1.29, 1.82) is 0 Å². The minimum Gasteiger partial charge on any atom is -0.423 e. The molecule has 140 valence electrons. The third-order valence-electron chi connectivity index (χ3n) is 4.51. The van der Waals surface area contributed by atoms with Gasteiger partial charge in [0.05, 0.1) is 5.88 Å². The van der Waals surface area contributed by atoms with E-state index in [9.17, 15) is 9.59 Å². The Hall–Kier alpha value is -2.22. The van der Waals surface area contributed by atoms with Gasteiger partial charge in [-0.1, -0.05) is 0 Å². The maximum Gasteiger partial charge on any atom is 0.297 e. The van der Waals surface area contributed by atoms with Gasteiger partial charge in [-0.2, -0.15) is 4.98 Å². The zero-order chi connectivity index (χ0) is 18.8. The number of thioether (sulfide) groups is 1. The molecule has 3 rings (SSSR count). The van der Waals surface area contributed by atoms with Crippen LogP contribution in [0.5, 0.6) is 0 Å². The van der Waals surface area contributed by atoms with Crippen LogP contribution in [0, 0.1) is 0 Å². The minimum atomic E-state index is -0.407. The van der Waals surface area contributed by atoms with Crippen molar-refractivity contribution in [2.75, 3.05) is 43.7 Å². The lowest BCUT2D eigenvalue weighted by molar-refractivity contribution is -0.134. The van der Waals surface area contributed by atoms with Crippen LogP contribution in [0.25, 0.3) is 11.1 Å². The lowest BCUT2D eigenvalue weighted by Crippen LogP contribution is -2.48. The van der Waals surface area contributed by atoms with E-state index in [-0.39, 0.29) is 11.8 Å². The molecule has 8 heteroatoms. The number of carbonyl (C=O) groups is 2. The van der Waals surface area contributed by atoms with E-state index >= 15 is 0 Å². The SMILES string of the molecule is CCN(CC)C(=O)C1CSCN1C(=O)c1ccc2nc(N(C)C)oc2c1. The highest BCUT2D eigenvalue weighted by Crippen LogP contribution is 2.27. The Balaban J connectivity index is 1.85. The summed E-state index contributed by atoms with van der Waals surface area (Å²) in [5.74, 6) is 1.03. The van der Waals surface area contributed by atoms with E-state index in [1.165, 1.54) is 0 Å². The van der Waals surface area contributed by atoms with Gasteiger partial charge in [-0.05, 0) is 32.0 Å². The molecule has 2 aromatic rings. The minimum absolute atomic E-state index is 0.0176. The van der Waals surface area contributed by atoms with Crippen molar-refractivity contribution in [3.05, 3.63) is 23.8 Å². The van der Waals surface area contributed by atoms with E-state index in [0.29, 0.717) is 47.4 Å². The maximum absolute atomic E-state index is 13.0. The summed E-state index contributed by atoms with van der Waals surface area (Å²) in [6.07, 6.45) is 0. The molecule has 0 spiro atoms. The second-order valence-corrected chi connectivity index (χ2v) is 7.37. The normalized spacial score (nSPS) is 16.9. The van der Waals surface area contributed by atoms with Crippen LogP contribution in [0.3, 0.4) is 0 Å². The molecule has 1 aromatic heterocycles. The van der Waals surface area contributed by atoms with Crippen LogP contribution in [0.1, 0.15) is 24.2 Å². The van der Waals surface area contributed by atoms with Crippen molar-refractivity contribution in [1.82, 2.24) is 14.8 Å². The number of carbonyl (C=O) groups excluding carboxylic acids is 2. The monoisotopic (exact) mass is 376 g/mol. The quantitative estimate of drug-likeness (QED) is 0.797. The number of anilines is 1. The number of rotatable bonds is 5. The summed E-state index contributed by atoms with van der Waals surface area (Å²) in [4.78, 5) is 35.3. The molecule has 1 aliphatic heterocycles. The molecule has 2 heterocycles. The number of amides is 2. The molecular formula is C18H24N4O3S. The predicted octanol–water partition coefficient (Wildman–Crippen LogP) is 2.28. The smallest absolute Gasteiger partial charge is 0.297 e. The highest BCUT2D eigenvalue weighted by molar-refractivity contribution is 7.99. The van der Waals surface area contributed by atoms with Crippen LogP contribution in [0.2, 0.25) is 0 Å². The number of aromatic nitrogens is 1. The fourth-order valence-electron chi connectivity index (χ4n) is 3.00. The first-order valence-corrected chi connectivity index (χ1v) is 9.87. The summed E-state index contributed by atoms with van der Waals surface area (Å²) in [7, 11) is 3.70. The number of likely N-dealkylation sites (N-methyl/N-ethyl adjacent to an activating group) is 1. The second kappa shape index (κ2) is 7.57. The molecule has 1 aliphatic rings. The Morgan fingerprint density at radius 2 is 2.04 bits per heavy atom. The first kappa shape index (κ1) is 18.6. The fourth-order valence-corrected chi connectivity index (χ4v) is 4.14. The number of hydrogen-bond acceptors (Lipinski definition) is 6. The van der Waals surface area contributed by atoms with Crippen molar-refractivity contribution in [3.63, 3.8) is 0 Å². The van der Waals surface area contributed by atoms with Crippen LogP contribution < -0.4 is 4.90 Å². The molecule has 7 nitrogen and oxygen atoms in total. The molecule has 2 amide bonds. The second-order valence-electron chi connectivity index (χ2n) is 6.37. The molecule has 1 unspecified atom stereocenters. The van der Waals surface area contributed by atoms with E-state index < -0.39 is 6.04 Å². The number of nitrogens with zero attached hydrogens (tertiary/aromatic N) is 4. The van der Waals surface area contributed by atoms with Gasteiger partial charge in [0, 0.05) is 38.5 Å². The van der Waals surface area contributed by atoms with Crippen molar-refractivity contribution in [2.45, 2.75) is 19.9 Å². The van der Waals surface area contributed by atoms with Crippen molar-refractivity contribution in [2.24, 2.45) is 0 Å². The van der Waals surface area contributed by atoms with Gasteiger partial charge in [-0.15, -0.1) is 11.8 Å². The summed E-state index contributed by atoms with van der Waals surface area (Å²) >= 11 is 1.61. The van der Waals surface area contributed by atoms with Crippen molar-refractivity contribution >= 4 is 40.7 Å². The van der Waals surface area contributed by atoms with Gasteiger partial charge in [-0.3, -0.25) is 9.59 Å². The van der Waals surface area contributed by atoms with Gasteiger partial charge >= 0.3 is 0 Å². The lowest BCUT2D eigenvalue weighted by atomic mass is 10.1. The Kier molecular flexibility index (Phi) is 5.41. The molecule has 0 radical (unpaired) electrons. The van der Waals surface area contributed by atoms with Gasteiger partial charge in [0.1, 0.15) is 11.6 Å². The number of hydrogen-bond donors (Lipinski definition) is 0. The Morgan fingerprint density at radius 3 is 2.69 bits per heavy atom. The molecule has 26 heavy (non-hydrogen) atoms. The Bertz CT molecular complexity index is 816. The van der Waals surface area contributed by atoms with Gasteiger partial charge in [0.2, 0.25) is 5.91 Å². The molecule has 0 saturated carbocycles. The largest absolute Gasteiger partial charge is 0.423 e. The first-order valence-electron chi connectivity index (χ1n) is 8.71. The summed E-state index contributed by atoms with van der Waals surface area (Å²) < 4.78 is 5.69. The van der Waals surface area contributed by atoms with Crippen molar-refractivity contribution in [3.8, 4) is 0 Å². The molecule has 1 atom stereocenters. The van der Waals surface area contributed by atoms with Crippen LogP contribution in [-0.2, 0) is 4.79 Å². The fraction of sp³-hybridized carbons (Fsp3) is 0.500. The molecule has 0 aliphatic carbocycles. The zero-order valence-corrected chi connectivity index (χ0v) is 16.4. The first-order chi connectivity index (χ1) is 12.5. The summed E-state index contributed by atoms with van der Waals surface area (Å²) in [6, 6.07) is 5.32. The standard InChI is InChI=1S/C18H24N4O3S/c1-5-21(6-2)17(24)14-10-26-11-22(14)16(23)12-7-8-13-15(9-12)25-18(19-13)20(3)4/h7-9,14H,5-6,10-11H2,1-4H3. The molecule has 1 aromatic carbocycles. The zero-order valence-electron chi connectivity index (χ0n) is 15.6. The summed E-state index contributed by atoms with van der Waals surface area (Å²) in [6.45, 7) is 5.21. The highest BCUT2D eigenvalue weighted by atomic mass is 32.2. The summed E-state index contributed by atoms with van der Waals surface area (Å²) in [5, 5.41) is 0. The predicted molar refractivity (Wildman–Crippen MR) is 104 cm³/mol. The van der Waals surface area contributed by atoms with Crippen LogP contribution in [0.4, 0.5) is 6.01 Å². The number of oxazole rings is 1. The third kappa shape index (κ3) is 3.38. The summed E-state index contributed by atoms with van der Waals surface area (Å²) in [5.41, 5.74) is 1.79. The van der Waals surface area contributed by atoms with Gasteiger partial charge in [-0.25, -0.2) is 0 Å². The van der Waals surface area contributed by atoms with Gasteiger partial charge in [0.15, 0.2) is 5.58 Å². The maximum atomic E-state index is 13.0. The number of fused-ring (bicyclic) bond motifs is 1. The van der Waals surface area contributed by atoms with Crippen LogP contribution in [-0.4, -0.2) is 71.5 Å². The average molecular weight is 376 g/mol. The Labute approximate surface area is 157 Å². The molecule has 0 bridgehead atoms. The highest BCUT2D eigenvalue weighted by Gasteiger charge is 2.37. The molecule has 1 fully saturated rings. The van der Waals surface area contributed by atoms with E-state index in [4.69, 9.17) is 4.42 Å². The third-order valence-corrected chi connectivity index (χ3v) is 5.52. The van der Waals surface area contributed by atoms with E-state index in [0.717, 1.165) is 0 Å². The van der Waals surface area contributed by atoms with Crippen LogP contribution >= 0.6 is 11.8 Å². The Morgan fingerprint density at radius 1 is 1.31 bits per heavy atom. The lowest BCUT2D eigenvalue weighted by Gasteiger charge is -2.28. The van der Waals surface area contributed by atoms with E-state index in [1.54, 1.807) is 44.7 Å². The van der Waals surface area contributed by atoms with Gasteiger partial charge < -0.3 is 19.1 Å². The van der Waals surface area contributed by atoms with E-state index in [2.05, 4.69) is 4.98 Å². The van der Waals surface area contributed by atoms with Crippen molar-refractivity contribution < 1.29 is 14.0 Å². The van der Waals surface area contributed by atoms with Crippen LogP contribution in [0.15, 0.2) is 22.6 Å². The molecule has 1 saturated heterocycles. The van der Waals surface area contributed by atoms with Gasteiger partial charge in [0.25, 0.3) is 11.9 Å². The number of benzene rings is 1. The topological polar surface area (TPSA) is 69.9 Å². The average Bonchev–Trinajstić information content (AvgIpc) is 3.28. The molecule has 0 N–H and O–H groups in total. The molecular weight excluding hydrogens is 352 g/mol.